The summed E-state index contributed by atoms with van der Waals surface area (Å²) < 4.78 is 32.5. The molecule has 0 spiro atoms. The van der Waals surface area contributed by atoms with Gasteiger partial charge in [0.15, 0.2) is 0 Å². The summed E-state index contributed by atoms with van der Waals surface area (Å²) in [5, 5.41) is 3.03. The summed E-state index contributed by atoms with van der Waals surface area (Å²) in [5.74, 6) is 0. The molecule has 0 radical (unpaired) electrons. The van der Waals surface area contributed by atoms with Crippen molar-refractivity contribution in [1.82, 2.24) is 4.72 Å². The van der Waals surface area contributed by atoms with Gasteiger partial charge in [-0.15, -0.1) is 0 Å². The Balaban J connectivity index is 2.70. The van der Waals surface area contributed by atoms with Crippen LogP contribution in [0.1, 0.15) is 30.4 Å². The fourth-order valence-electron chi connectivity index (χ4n) is 2.35. The highest BCUT2D eigenvalue weighted by Crippen LogP contribution is 2.24. The second-order valence-corrected chi connectivity index (χ2v) is 6.84. The fraction of sp³-hybridized carbons (Fsp3) is 0.600. The number of nitrogens with one attached hydrogen (secondary N) is 2. The first-order chi connectivity index (χ1) is 9.92. The topological polar surface area (TPSA) is 67.4 Å². The maximum absolute atomic E-state index is 12.4. The molecule has 0 fully saturated rings. The number of aryl methyl sites for hydroxylation is 2. The SMILES string of the molecule is CNc1cc(C)c(S(=O)(=O)NCCCCCOC)c(C)c1. The lowest BCUT2D eigenvalue weighted by molar-refractivity contribution is 0.192. The Bertz CT molecular complexity index is 533. The van der Waals surface area contributed by atoms with Crippen LogP contribution in [-0.2, 0) is 14.8 Å². The van der Waals surface area contributed by atoms with Gasteiger partial charge >= 0.3 is 0 Å². The number of rotatable bonds is 9. The predicted octanol–water partition coefficient (Wildman–Crippen LogP) is 2.44. The van der Waals surface area contributed by atoms with E-state index in [1.54, 1.807) is 7.11 Å². The molecule has 2 N–H and O–H groups in total. The van der Waals surface area contributed by atoms with Gasteiger partial charge in [-0.1, -0.05) is 0 Å². The second-order valence-electron chi connectivity index (χ2n) is 5.14. The van der Waals surface area contributed by atoms with Gasteiger partial charge in [0.1, 0.15) is 0 Å². The zero-order valence-electron chi connectivity index (χ0n) is 13.3. The molecule has 0 bridgehead atoms. The Hall–Kier alpha value is -1.11. The summed E-state index contributed by atoms with van der Waals surface area (Å²) in [4.78, 5) is 0.387. The molecule has 1 rings (SSSR count). The Labute approximate surface area is 128 Å². The number of unbranched alkanes of at least 4 members (excludes halogenated alkanes) is 2. The molecule has 0 atom stereocenters. The van der Waals surface area contributed by atoms with Crippen LogP contribution >= 0.6 is 0 Å². The summed E-state index contributed by atoms with van der Waals surface area (Å²) in [6, 6.07) is 3.69. The van der Waals surface area contributed by atoms with E-state index in [0.29, 0.717) is 11.4 Å². The van der Waals surface area contributed by atoms with Crippen molar-refractivity contribution in [2.45, 2.75) is 38.0 Å². The van der Waals surface area contributed by atoms with Crippen LogP contribution < -0.4 is 10.0 Å². The van der Waals surface area contributed by atoms with Crippen molar-refractivity contribution in [3.05, 3.63) is 23.3 Å². The van der Waals surface area contributed by atoms with Crippen molar-refractivity contribution < 1.29 is 13.2 Å². The summed E-state index contributed by atoms with van der Waals surface area (Å²) in [6.45, 7) is 4.82. The van der Waals surface area contributed by atoms with E-state index in [9.17, 15) is 8.42 Å². The number of ether oxygens (including phenoxy) is 1. The highest BCUT2D eigenvalue weighted by Gasteiger charge is 2.19. The number of hydrogen-bond acceptors (Lipinski definition) is 4. The number of benzene rings is 1. The van der Waals surface area contributed by atoms with E-state index in [-0.39, 0.29) is 0 Å². The summed E-state index contributed by atoms with van der Waals surface area (Å²) in [5.41, 5.74) is 2.43. The van der Waals surface area contributed by atoms with Gasteiger partial charge in [-0.25, -0.2) is 13.1 Å². The number of sulfonamides is 1. The molecular formula is C15H26N2O3S. The normalized spacial score (nSPS) is 11.6. The largest absolute Gasteiger partial charge is 0.388 e. The first kappa shape index (κ1) is 17.9. The molecule has 0 aromatic heterocycles. The molecular weight excluding hydrogens is 288 g/mol. The molecule has 0 aliphatic heterocycles. The van der Waals surface area contributed by atoms with E-state index >= 15 is 0 Å². The van der Waals surface area contributed by atoms with Crippen LogP contribution in [0, 0.1) is 13.8 Å². The molecule has 1 aromatic rings. The Kier molecular flexibility index (Phi) is 7.14. The van der Waals surface area contributed by atoms with Gasteiger partial charge in [0.25, 0.3) is 0 Å². The van der Waals surface area contributed by atoms with E-state index in [1.165, 1.54) is 0 Å². The first-order valence-electron chi connectivity index (χ1n) is 7.20. The second kappa shape index (κ2) is 8.36. The van der Waals surface area contributed by atoms with Crippen molar-refractivity contribution in [2.24, 2.45) is 0 Å². The minimum atomic E-state index is -3.45. The molecule has 0 aliphatic carbocycles. The lowest BCUT2D eigenvalue weighted by atomic mass is 10.1. The Morgan fingerprint density at radius 2 is 1.71 bits per heavy atom. The van der Waals surface area contributed by atoms with Crippen LogP contribution in [0.3, 0.4) is 0 Å². The van der Waals surface area contributed by atoms with Crippen molar-refractivity contribution >= 4 is 15.7 Å². The molecule has 120 valence electrons. The van der Waals surface area contributed by atoms with Crippen LogP contribution in [0.25, 0.3) is 0 Å². The van der Waals surface area contributed by atoms with Crippen LogP contribution in [0.2, 0.25) is 0 Å². The van der Waals surface area contributed by atoms with Gasteiger partial charge in [0.2, 0.25) is 10.0 Å². The molecule has 0 saturated carbocycles. The van der Waals surface area contributed by atoms with Crippen LogP contribution in [0.5, 0.6) is 0 Å². The molecule has 6 heteroatoms. The Morgan fingerprint density at radius 1 is 1.10 bits per heavy atom. The third-order valence-electron chi connectivity index (χ3n) is 3.34. The number of methoxy groups -OCH3 is 1. The first-order valence-corrected chi connectivity index (χ1v) is 8.68. The monoisotopic (exact) mass is 314 g/mol. The average Bonchev–Trinajstić information content (AvgIpc) is 2.41. The molecule has 21 heavy (non-hydrogen) atoms. The highest BCUT2D eigenvalue weighted by atomic mass is 32.2. The zero-order chi connectivity index (χ0) is 15.9. The molecule has 0 aliphatic rings. The highest BCUT2D eigenvalue weighted by molar-refractivity contribution is 7.89. The number of hydrogen-bond donors (Lipinski definition) is 2. The van der Waals surface area contributed by atoms with Crippen molar-refractivity contribution in [3.8, 4) is 0 Å². The van der Waals surface area contributed by atoms with Crippen LogP contribution in [0.4, 0.5) is 5.69 Å². The standard InChI is InChI=1S/C15H26N2O3S/c1-12-10-14(16-3)11-13(2)15(12)21(18,19)17-8-6-5-7-9-20-4/h10-11,16-17H,5-9H2,1-4H3. The van der Waals surface area contributed by atoms with E-state index in [4.69, 9.17) is 4.74 Å². The van der Waals surface area contributed by atoms with Crippen LogP contribution in [0.15, 0.2) is 17.0 Å². The summed E-state index contributed by atoms with van der Waals surface area (Å²) in [6.07, 6.45) is 2.72. The van der Waals surface area contributed by atoms with E-state index in [2.05, 4.69) is 10.0 Å². The van der Waals surface area contributed by atoms with Crippen molar-refractivity contribution in [2.75, 3.05) is 32.6 Å². The smallest absolute Gasteiger partial charge is 0.241 e. The van der Waals surface area contributed by atoms with Crippen molar-refractivity contribution in [3.63, 3.8) is 0 Å². The molecule has 0 saturated heterocycles. The minimum Gasteiger partial charge on any atom is -0.388 e. The van der Waals surface area contributed by atoms with Gasteiger partial charge in [-0.05, 0) is 56.4 Å². The molecule has 0 amide bonds. The van der Waals surface area contributed by atoms with Gasteiger partial charge in [-0.3, -0.25) is 0 Å². The van der Waals surface area contributed by atoms with Gasteiger partial charge < -0.3 is 10.1 Å². The zero-order valence-corrected chi connectivity index (χ0v) is 14.1. The maximum Gasteiger partial charge on any atom is 0.241 e. The average molecular weight is 314 g/mol. The van der Waals surface area contributed by atoms with Crippen molar-refractivity contribution in [1.29, 1.82) is 0 Å². The van der Waals surface area contributed by atoms with Gasteiger partial charge in [-0.2, -0.15) is 0 Å². The third-order valence-corrected chi connectivity index (χ3v) is 5.10. The van der Waals surface area contributed by atoms with E-state index in [1.807, 2.05) is 33.0 Å². The fourth-order valence-corrected chi connectivity index (χ4v) is 3.87. The molecule has 5 nitrogen and oxygen atoms in total. The quantitative estimate of drug-likeness (QED) is 0.687. The van der Waals surface area contributed by atoms with Gasteiger partial charge in [0, 0.05) is 33.0 Å². The molecule has 1 aromatic carbocycles. The summed E-state index contributed by atoms with van der Waals surface area (Å²) in [7, 11) is 0.0414. The number of anilines is 1. The lowest BCUT2D eigenvalue weighted by Gasteiger charge is -2.14. The Morgan fingerprint density at radius 3 is 2.24 bits per heavy atom. The maximum atomic E-state index is 12.4. The van der Waals surface area contributed by atoms with E-state index in [0.717, 1.165) is 42.7 Å². The minimum absolute atomic E-state index is 0.387. The predicted molar refractivity (Wildman–Crippen MR) is 86.4 cm³/mol. The van der Waals surface area contributed by atoms with Gasteiger partial charge in [0.05, 0.1) is 4.90 Å². The third kappa shape index (κ3) is 5.30. The molecule has 0 heterocycles. The van der Waals surface area contributed by atoms with E-state index < -0.39 is 10.0 Å². The lowest BCUT2D eigenvalue weighted by Crippen LogP contribution is -2.26. The summed E-state index contributed by atoms with van der Waals surface area (Å²) >= 11 is 0. The molecule has 0 unspecified atom stereocenters. The van der Waals surface area contributed by atoms with Crippen LogP contribution in [-0.4, -0.2) is 35.7 Å².